The number of hydrogen-bond acceptors (Lipinski definition) is 3. The molecule has 5 heteroatoms. The minimum absolute atomic E-state index is 0.379. The number of anilines is 1. The van der Waals surface area contributed by atoms with Crippen molar-refractivity contribution in [2.24, 2.45) is 0 Å². The third-order valence-corrected chi connectivity index (χ3v) is 3.97. The normalized spacial score (nSPS) is 10.8. The van der Waals surface area contributed by atoms with Gasteiger partial charge in [-0.15, -0.1) is 0 Å². The van der Waals surface area contributed by atoms with Crippen LogP contribution in [0.25, 0.3) is 10.9 Å². The molecule has 1 heterocycles. The first-order chi connectivity index (χ1) is 10.1. The van der Waals surface area contributed by atoms with Gasteiger partial charge in [0.25, 0.3) is 0 Å². The number of benzene rings is 2. The van der Waals surface area contributed by atoms with Crippen molar-refractivity contribution < 1.29 is 4.74 Å². The molecule has 0 unspecified atom stereocenters. The van der Waals surface area contributed by atoms with Crippen LogP contribution in [0.4, 0.5) is 5.69 Å². The second kappa shape index (κ2) is 5.92. The minimum Gasteiger partial charge on any atom is -0.487 e. The SMILES string of the molecule is Nc1ccc(COc2cc(Br)ccc2Cl)c2ncccc12. The highest BCUT2D eigenvalue weighted by molar-refractivity contribution is 9.10. The molecule has 3 aromatic rings. The molecule has 0 saturated carbocycles. The summed E-state index contributed by atoms with van der Waals surface area (Å²) in [6, 6.07) is 13.1. The van der Waals surface area contributed by atoms with Crippen molar-refractivity contribution in [2.75, 3.05) is 5.73 Å². The number of ether oxygens (including phenoxy) is 1. The van der Waals surface area contributed by atoms with Crippen molar-refractivity contribution in [3.05, 3.63) is 63.7 Å². The fraction of sp³-hybridized carbons (Fsp3) is 0.0625. The maximum absolute atomic E-state index is 6.12. The van der Waals surface area contributed by atoms with E-state index in [1.807, 2.05) is 36.4 Å². The Bertz CT molecular complexity index is 807. The van der Waals surface area contributed by atoms with Gasteiger partial charge < -0.3 is 10.5 Å². The van der Waals surface area contributed by atoms with Gasteiger partial charge in [-0.05, 0) is 36.4 Å². The number of hydrogen-bond donors (Lipinski definition) is 1. The molecule has 3 rings (SSSR count). The minimum atomic E-state index is 0.379. The zero-order valence-corrected chi connectivity index (χ0v) is 13.4. The topological polar surface area (TPSA) is 48.1 Å². The largest absolute Gasteiger partial charge is 0.487 e. The average molecular weight is 364 g/mol. The number of halogens is 2. The zero-order chi connectivity index (χ0) is 14.8. The lowest BCUT2D eigenvalue weighted by Crippen LogP contribution is -1.99. The third-order valence-electron chi connectivity index (χ3n) is 3.16. The standard InChI is InChI=1S/C16H12BrClN2O/c17-11-4-5-13(18)15(8-11)21-9-10-3-6-14(19)12-2-1-7-20-16(10)12/h1-8H,9,19H2. The summed E-state index contributed by atoms with van der Waals surface area (Å²) in [5.74, 6) is 0.631. The van der Waals surface area contributed by atoms with Crippen molar-refractivity contribution in [2.45, 2.75) is 6.61 Å². The van der Waals surface area contributed by atoms with E-state index in [2.05, 4.69) is 20.9 Å². The molecule has 0 atom stereocenters. The summed E-state index contributed by atoms with van der Waals surface area (Å²) in [7, 11) is 0. The summed E-state index contributed by atoms with van der Waals surface area (Å²) in [5, 5.41) is 1.50. The summed E-state index contributed by atoms with van der Waals surface area (Å²) >= 11 is 9.53. The van der Waals surface area contributed by atoms with E-state index in [-0.39, 0.29) is 0 Å². The number of rotatable bonds is 3. The molecule has 0 aliphatic carbocycles. The van der Waals surface area contributed by atoms with E-state index in [1.54, 1.807) is 12.3 Å². The van der Waals surface area contributed by atoms with Crippen molar-refractivity contribution in [3.8, 4) is 5.75 Å². The Morgan fingerprint density at radius 3 is 2.90 bits per heavy atom. The highest BCUT2D eigenvalue weighted by Crippen LogP contribution is 2.30. The number of nitrogens with zero attached hydrogens (tertiary/aromatic N) is 1. The van der Waals surface area contributed by atoms with Gasteiger partial charge >= 0.3 is 0 Å². The zero-order valence-electron chi connectivity index (χ0n) is 11.0. The average Bonchev–Trinajstić information content (AvgIpc) is 2.50. The van der Waals surface area contributed by atoms with Gasteiger partial charge in [-0.25, -0.2) is 0 Å². The maximum Gasteiger partial charge on any atom is 0.139 e. The molecule has 3 nitrogen and oxygen atoms in total. The molecule has 21 heavy (non-hydrogen) atoms. The molecule has 0 fully saturated rings. The van der Waals surface area contributed by atoms with Crippen molar-refractivity contribution in [3.63, 3.8) is 0 Å². The molecule has 0 amide bonds. The van der Waals surface area contributed by atoms with Gasteiger partial charge in [0.15, 0.2) is 0 Å². The van der Waals surface area contributed by atoms with Crippen LogP contribution in [0.1, 0.15) is 5.56 Å². The van der Waals surface area contributed by atoms with Gasteiger partial charge in [-0.1, -0.05) is 33.6 Å². The molecule has 0 saturated heterocycles. The van der Waals surface area contributed by atoms with E-state index in [1.165, 1.54) is 0 Å². The van der Waals surface area contributed by atoms with E-state index >= 15 is 0 Å². The number of nitrogen functional groups attached to an aromatic ring is 1. The van der Waals surface area contributed by atoms with Crippen LogP contribution in [0.5, 0.6) is 5.75 Å². The van der Waals surface area contributed by atoms with Crippen molar-refractivity contribution in [1.29, 1.82) is 0 Å². The molecular weight excluding hydrogens is 352 g/mol. The molecule has 0 spiro atoms. The Balaban J connectivity index is 1.92. The lowest BCUT2D eigenvalue weighted by Gasteiger charge is -2.11. The lowest BCUT2D eigenvalue weighted by molar-refractivity contribution is 0.307. The fourth-order valence-electron chi connectivity index (χ4n) is 2.11. The molecule has 2 N–H and O–H groups in total. The smallest absolute Gasteiger partial charge is 0.139 e. The van der Waals surface area contributed by atoms with E-state index in [9.17, 15) is 0 Å². The Hall–Kier alpha value is -1.78. The van der Waals surface area contributed by atoms with E-state index in [0.29, 0.717) is 23.1 Å². The first-order valence-electron chi connectivity index (χ1n) is 6.35. The quantitative estimate of drug-likeness (QED) is 0.679. The Morgan fingerprint density at radius 1 is 1.19 bits per heavy atom. The van der Waals surface area contributed by atoms with Crippen LogP contribution in [0, 0.1) is 0 Å². The number of pyridine rings is 1. The van der Waals surface area contributed by atoms with Gasteiger partial charge in [0.05, 0.1) is 10.5 Å². The Morgan fingerprint density at radius 2 is 2.05 bits per heavy atom. The molecule has 0 bridgehead atoms. The van der Waals surface area contributed by atoms with Gasteiger partial charge in [-0.2, -0.15) is 0 Å². The summed E-state index contributed by atoms with van der Waals surface area (Å²) in [5.41, 5.74) is 8.50. The predicted molar refractivity (Wildman–Crippen MR) is 89.6 cm³/mol. The fourth-order valence-corrected chi connectivity index (χ4v) is 2.63. The molecule has 0 aliphatic heterocycles. The van der Waals surface area contributed by atoms with Crippen LogP contribution < -0.4 is 10.5 Å². The molecule has 2 aromatic carbocycles. The highest BCUT2D eigenvalue weighted by Gasteiger charge is 2.08. The van der Waals surface area contributed by atoms with E-state index in [4.69, 9.17) is 22.1 Å². The van der Waals surface area contributed by atoms with Crippen LogP contribution in [-0.2, 0) is 6.61 Å². The molecule has 106 valence electrons. The third kappa shape index (κ3) is 2.96. The predicted octanol–water partition coefficient (Wildman–Crippen LogP) is 4.81. The number of aromatic nitrogens is 1. The Labute approximate surface area is 135 Å². The maximum atomic E-state index is 6.12. The molecule has 0 radical (unpaired) electrons. The van der Waals surface area contributed by atoms with E-state index in [0.717, 1.165) is 20.9 Å². The summed E-state index contributed by atoms with van der Waals surface area (Å²) < 4.78 is 6.73. The van der Waals surface area contributed by atoms with Gasteiger partial charge in [0.1, 0.15) is 12.4 Å². The number of fused-ring (bicyclic) bond motifs is 1. The van der Waals surface area contributed by atoms with Crippen molar-refractivity contribution >= 4 is 44.1 Å². The Kier molecular flexibility index (Phi) is 3.99. The van der Waals surface area contributed by atoms with Crippen LogP contribution in [0.2, 0.25) is 5.02 Å². The monoisotopic (exact) mass is 362 g/mol. The van der Waals surface area contributed by atoms with Crippen molar-refractivity contribution in [1.82, 2.24) is 4.98 Å². The highest BCUT2D eigenvalue weighted by atomic mass is 79.9. The first kappa shape index (κ1) is 14.2. The molecular formula is C16H12BrClN2O. The van der Waals surface area contributed by atoms with Gasteiger partial charge in [-0.3, -0.25) is 4.98 Å². The second-order valence-electron chi connectivity index (χ2n) is 4.58. The molecule has 1 aromatic heterocycles. The van der Waals surface area contributed by atoms with Crippen LogP contribution in [-0.4, -0.2) is 4.98 Å². The van der Waals surface area contributed by atoms with Crippen LogP contribution >= 0.6 is 27.5 Å². The summed E-state index contributed by atoms with van der Waals surface area (Å²) in [6.45, 7) is 0.379. The summed E-state index contributed by atoms with van der Waals surface area (Å²) in [6.07, 6.45) is 1.75. The van der Waals surface area contributed by atoms with E-state index < -0.39 is 0 Å². The van der Waals surface area contributed by atoms with Crippen LogP contribution in [0.15, 0.2) is 53.1 Å². The lowest BCUT2D eigenvalue weighted by atomic mass is 10.1. The molecule has 0 aliphatic rings. The van der Waals surface area contributed by atoms with Gasteiger partial charge in [0.2, 0.25) is 0 Å². The summed E-state index contributed by atoms with van der Waals surface area (Å²) in [4.78, 5) is 4.39. The first-order valence-corrected chi connectivity index (χ1v) is 7.52. The van der Waals surface area contributed by atoms with Crippen LogP contribution in [0.3, 0.4) is 0 Å². The number of nitrogens with two attached hydrogens (primary N) is 1. The van der Waals surface area contributed by atoms with Gasteiger partial charge in [0, 0.05) is 27.3 Å². The second-order valence-corrected chi connectivity index (χ2v) is 5.90.